The normalized spacial score (nSPS) is 23.1. The Bertz CT molecular complexity index is 573. The van der Waals surface area contributed by atoms with Gasteiger partial charge >= 0.3 is 6.03 Å². The average molecular weight is 383 g/mol. The van der Waals surface area contributed by atoms with Gasteiger partial charge in [0.15, 0.2) is 0 Å². The van der Waals surface area contributed by atoms with Gasteiger partial charge in [0.2, 0.25) is 0 Å². The summed E-state index contributed by atoms with van der Waals surface area (Å²) in [5.41, 5.74) is -0.987. The Morgan fingerprint density at radius 3 is 2.15 bits per heavy atom. The largest absolute Gasteiger partial charge is 0.361 e. The van der Waals surface area contributed by atoms with E-state index in [1.165, 1.54) is 4.90 Å². The lowest BCUT2D eigenvalue weighted by atomic mass is 9.74. The number of hydrogen-bond donors (Lipinski definition) is 0. The molecule has 7 heteroatoms. The lowest BCUT2D eigenvalue weighted by Crippen LogP contribution is -2.49. The zero-order valence-corrected chi connectivity index (χ0v) is 18.2. The molecule has 1 saturated heterocycles. The summed E-state index contributed by atoms with van der Waals surface area (Å²) in [7, 11) is -1.21. The third-order valence-corrected chi connectivity index (χ3v) is 7.38. The van der Waals surface area contributed by atoms with Crippen LogP contribution >= 0.6 is 0 Å². The molecule has 2 rings (SSSR count). The molecule has 0 unspecified atom stereocenters. The second kappa shape index (κ2) is 7.42. The fourth-order valence-corrected chi connectivity index (χ4v) is 4.26. The Balaban J connectivity index is 2.01. The van der Waals surface area contributed by atoms with Gasteiger partial charge in [-0.25, -0.2) is 9.69 Å². The van der Waals surface area contributed by atoms with Gasteiger partial charge in [0.1, 0.15) is 18.1 Å². The second-order valence-corrected chi connectivity index (χ2v) is 15.5. The van der Waals surface area contributed by atoms with Crippen molar-refractivity contribution in [2.45, 2.75) is 77.7 Å². The molecule has 2 fully saturated rings. The summed E-state index contributed by atoms with van der Waals surface area (Å²) in [5, 5.41) is 0. The van der Waals surface area contributed by atoms with Gasteiger partial charge in [0, 0.05) is 34.1 Å². The summed E-state index contributed by atoms with van der Waals surface area (Å²) in [6, 6.07) is 0.730. The molecule has 1 heterocycles. The molecule has 0 N–H and O–H groups in total. The van der Waals surface area contributed by atoms with Crippen LogP contribution in [0.2, 0.25) is 25.7 Å². The van der Waals surface area contributed by atoms with Crippen LogP contribution < -0.4 is 0 Å². The van der Waals surface area contributed by atoms with Crippen molar-refractivity contribution in [1.29, 1.82) is 0 Å². The van der Waals surface area contributed by atoms with E-state index in [4.69, 9.17) is 4.74 Å². The van der Waals surface area contributed by atoms with E-state index in [0.717, 1.165) is 18.9 Å². The summed E-state index contributed by atoms with van der Waals surface area (Å²) in [6.45, 7) is 13.6. The maximum atomic E-state index is 12.9. The highest BCUT2D eigenvalue weighted by Gasteiger charge is 2.53. The topological polar surface area (TPSA) is 66.9 Å². The van der Waals surface area contributed by atoms with Crippen LogP contribution in [0.3, 0.4) is 0 Å². The summed E-state index contributed by atoms with van der Waals surface area (Å²) in [5.74, 6) is 0.0916. The lowest BCUT2D eigenvalue weighted by molar-refractivity contribution is -0.135. The van der Waals surface area contributed by atoms with Crippen molar-refractivity contribution in [1.82, 2.24) is 9.80 Å². The number of nitrogens with zero attached hydrogens (tertiary/aromatic N) is 2. The van der Waals surface area contributed by atoms with Crippen LogP contribution in [-0.4, -0.2) is 61.0 Å². The Morgan fingerprint density at radius 1 is 1.04 bits per heavy atom. The quantitative estimate of drug-likeness (QED) is 0.384. The molecule has 0 spiro atoms. The van der Waals surface area contributed by atoms with Crippen LogP contribution in [0.15, 0.2) is 0 Å². The molecule has 3 amide bonds. The zero-order chi connectivity index (χ0) is 19.8. The number of carbonyl (C=O) groups is 3. The summed E-state index contributed by atoms with van der Waals surface area (Å²) in [4.78, 5) is 40.1. The molecule has 1 aliphatic carbocycles. The van der Waals surface area contributed by atoms with Gasteiger partial charge in [-0.15, -0.1) is 0 Å². The molecule has 0 aromatic heterocycles. The molecular formula is C19H34N2O4Si. The van der Waals surface area contributed by atoms with E-state index in [-0.39, 0.29) is 24.1 Å². The molecule has 1 aliphatic heterocycles. The van der Waals surface area contributed by atoms with E-state index in [9.17, 15) is 14.4 Å². The molecule has 6 nitrogen and oxygen atoms in total. The minimum atomic E-state index is -1.21. The van der Waals surface area contributed by atoms with E-state index in [0.29, 0.717) is 31.8 Å². The van der Waals surface area contributed by atoms with Gasteiger partial charge in [-0.3, -0.25) is 9.59 Å². The van der Waals surface area contributed by atoms with Gasteiger partial charge in [-0.1, -0.05) is 26.6 Å². The van der Waals surface area contributed by atoms with Crippen molar-refractivity contribution >= 4 is 25.8 Å². The molecule has 0 atom stereocenters. The molecule has 2 aliphatic rings. The molecule has 0 aromatic carbocycles. The van der Waals surface area contributed by atoms with Gasteiger partial charge < -0.3 is 9.64 Å². The minimum Gasteiger partial charge on any atom is -0.361 e. The van der Waals surface area contributed by atoms with E-state index < -0.39 is 13.6 Å². The Labute approximate surface area is 158 Å². The highest BCUT2D eigenvalue weighted by molar-refractivity contribution is 6.76. The Kier molecular flexibility index (Phi) is 6.02. The second-order valence-electron chi connectivity index (χ2n) is 9.86. The zero-order valence-electron chi connectivity index (χ0n) is 17.2. The summed E-state index contributed by atoms with van der Waals surface area (Å²) >= 11 is 0. The minimum absolute atomic E-state index is 0.0251. The fraction of sp³-hybridized carbons (Fsp3) is 0.842. The first kappa shape index (κ1) is 21.1. The van der Waals surface area contributed by atoms with Crippen molar-refractivity contribution in [2.75, 3.05) is 19.9 Å². The molecule has 26 heavy (non-hydrogen) atoms. The first-order chi connectivity index (χ1) is 11.9. The molecular weight excluding hydrogens is 348 g/mol. The number of ether oxygens (including phenoxy) is 1. The number of amides is 3. The van der Waals surface area contributed by atoms with Crippen LogP contribution in [0, 0.1) is 5.41 Å². The van der Waals surface area contributed by atoms with E-state index in [1.807, 2.05) is 0 Å². The van der Waals surface area contributed by atoms with Crippen LogP contribution in [-0.2, 0) is 14.3 Å². The predicted octanol–water partition coefficient (Wildman–Crippen LogP) is 3.49. The summed E-state index contributed by atoms with van der Waals surface area (Å²) in [6.07, 6.45) is 2.67. The monoisotopic (exact) mass is 382 g/mol. The number of hydrogen-bond acceptors (Lipinski definition) is 4. The number of carbonyl (C=O) groups excluding carboxylic acids is 3. The van der Waals surface area contributed by atoms with Crippen molar-refractivity contribution in [3.05, 3.63) is 0 Å². The number of ketones is 1. The molecule has 1 saturated carbocycles. The first-order valence-electron chi connectivity index (χ1n) is 9.59. The van der Waals surface area contributed by atoms with Gasteiger partial charge in [-0.2, -0.15) is 0 Å². The molecule has 0 aromatic rings. The van der Waals surface area contributed by atoms with E-state index in [2.05, 4.69) is 26.6 Å². The highest BCUT2D eigenvalue weighted by Crippen LogP contribution is 2.39. The van der Waals surface area contributed by atoms with Gasteiger partial charge in [0.05, 0.1) is 0 Å². The first-order valence-corrected chi connectivity index (χ1v) is 13.3. The lowest BCUT2D eigenvalue weighted by Gasteiger charge is -2.39. The number of rotatable bonds is 7. The van der Waals surface area contributed by atoms with Gasteiger partial charge in [0.25, 0.3) is 5.91 Å². The molecule has 0 bridgehead atoms. The van der Waals surface area contributed by atoms with Crippen LogP contribution in [0.4, 0.5) is 4.79 Å². The molecule has 148 valence electrons. The number of imide groups is 1. The van der Waals surface area contributed by atoms with E-state index >= 15 is 0 Å². The van der Waals surface area contributed by atoms with Crippen LogP contribution in [0.1, 0.15) is 46.5 Å². The van der Waals surface area contributed by atoms with Crippen LogP contribution in [0.5, 0.6) is 0 Å². The third-order valence-electron chi connectivity index (χ3n) is 5.68. The van der Waals surface area contributed by atoms with E-state index in [1.54, 1.807) is 18.7 Å². The van der Waals surface area contributed by atoms with Crippen molar-refractivity contribution in [3.63, 3.8) is 0 Å². The maximum Gasteiger partial charge on any atom is 0.329 e. The molecule has 0 radical (unpaired) electrons. The van der Waals surface area contributed by atoms with Crippen molar-refractivity contribution < 1.29 is 19.1 Å². The average Bonchev–Trinajstić information content (AvgIpc) is 2.67. The Morgan fingerprint density at radius 2 is 1.62 bits per heavy atom. The van der Waals surface area contributed by atoms with Gasteiger partial charge in [-0.05, 0) is 38.1 Å². The van der Waals surface area contributed by atoms with Crippen LogP contribution in [0.25, 0.3) is 0 Å². The SMILES string of the molecule is CC1(CN2C(=O)N(COCC[Si](C)(C)C)C(=O)C2(C)C)CCC(=O)CC1. The maximum absolute atomic E-state index is 12.9. The Hall–Kier alpha value is -1.21. The highest BCUT2D eigenvalue weighted by atomic mass is 28.3. The fourth-order valence-electron chi connectivity index (χ4n) is 3.50. The number of Topliss-reactive ketones (excluding diaryl/α,β-unsaturated/α-hetero) is 1. The standard InChI is InChI=1S/C19H34N2O4Si/c1-18(2)16(23)20(14-25-11-12-26(4,5)6)17(24)21(18)13-19(3)9-7-15(22)8-10-19/h7-14H2,1-6H3. The van der Waals surface area contributed by atoms with Crippen molar-refractivity contribution in [2.24, 2.45) is 5.41 Å². The predicted molar refractivity (Wildman–Crippen MR) is 104 cm³/mol. The summed E-state index contributed by atoms with van der Waals surface area (Å²) < 4.78 is 5.65. The third kappa shape index (κ3) is 4.74. The van der Waals surface area contributed by atoms with Crippen molar-refractivity contribution in [3.8, 4) is 0 Å². The smallest absolute Gasteiger partial charge is 0.329 e. The number of urea groups is 1.